The van der Waals surface area contributed by atoms with Gasteiger partial charge in [-0.3, -0.25) is 4.79 Å². The van der Waals surface area contributed by atoms with Crippen LogP contribution in [0.25, 0.3) is 0 Å². The summed E-state index contributed by atoms with van der Waals surface area (Å²) in [6.07, 6.45) is 1.53. The maximum absolute atomic E-state index is 12.6. The Hall–Kier alpha value is -2.56. The van der Waals surface area contributed by atoms with E-state index in [9.17, 15) is 10.1 Å². The fourth-order valence-electron chi connectivity index (χ4n) is 3.15. The van der Waals surface area contributed by atoms with Crippen molar-refractivity contribution in [2.45, 2.75) is 0 Å². The molecule has 2 fully saturated rings. The molecular formula is C19H25N5O2. The Labute approximate surface area is 154 Å². The van der Waals surface area contributed by atoms with Crippen LogP contribution in [0.15, 0.2) is 36.0 Å². The first-order valence-corrected chi connectivity index (χ1v) is 8.95. The zero-order valence-corrected chi connectivity index (χ0v) is 15.1. The van der Waals surface area contributed by atoms with E-state index in [0.29, 0.717) is 26.3 Å². The minimum atomic E-state index is -0.211. The Morgan fingerprint density at radius 1 is 1.15 bits per heavy atom. The molecule has 0 saturated carbocycles. The summed E-state index contributed by atoms with van der Waals surface area (Å²) in [5.74, 6) is -0.211. The van der Waals surface area contributed by atoms with E-state index in [1.807, 2.05) is 37.4 Å². The van der Waals surface area contributed by atoms with Gasteiger partial charge in [0.05, 0.1) is 24.6 Å². The van der Waals surface area contributed by atoms with E-state index in [4.69, 9.17) is 4.74 Å². The number of para-hydroxylation sites is 2. The summed E-state index contributed by atoms with van der Waals surface area (Å²) in [6.45, 7) is 6.03. The summed E-state index contributed by atoms with van der Waals surface area (Å²) < 4.78 is 5.41. The van der Waals surface area contributed by atoms with Crippen molar-refractivity contribution in [1.82, 2.24) is 9.80 Å². The smallest absolute Gasteiger partial charge is 0.266 e. The van der Waals surface area contributed by atoms with E-state index in [0.717, 1.165) is 37.6 Å². The Balaban J connectivity index is 1.71. The minimum absolute atomic E-state index is 0.131. The average Bonchev–Trinajstić information content (AvgIpc) is 2.70. The first-order valence-electron chi connectivity index (χ1n) is 8.95. The zero-order valence-electron chi connectivity index (χ0n) is 15.1. The molecular weight excluding hydrogens is 330 g/mol. The number of nitrogens with one attached hydrogen (secondary N) is 1. The molecule has 1 aromatic rings. The number of nitriles is 1. The molecule has 2 saturated heterocycles. The molecule has 0 atom stereocenters. The monoisotopic (exact) mass is 355 g/mol. The Bertz CT molecular complexity index is 698. The zero-order chi connectivity index (χ0) is 18.4. The van der Waals surface area contributed by atoms with Crippen LogP contribution in [0.4, 0.5) is 11.4 Å². The van der Waals surface area contributed by atoms with Gasteiger partial charge in [0, 0.05) is 45.5 Å². The molecule has 3 rings (SSSR count). The van der Waals surface area contributed by atoms with Gasteiger partial charge in [0.15, 0.2) is 0 Å². The molecule has 1 N–H and O–H groups in total. The number of nitrogens with zero attached hydrogens (tertiary/aromatic N) is 4. The van der Waals surface area contributed by atoms with Gasteiger partial charge in [0.2, 0.25) is 0 Å². The molecule has 138 valence electrons. The third-order valence-electron chi connectivity index (χ3n) is 4.77. The highest BCUT2D eigenvalue weighted by atomic mass is 16.5. The van der Waals surface area contributed by atoms with Crippen LogP contribution in [0.5, 0.6) is 0 Å². The standard InChI is InChI=1S/C19H25N5O2/c1-22-6-8-24(9-7-22)19(25)16(14-20)15-21-17-4-2-3-5-18(17)23-10-12-26-13-11-23/h2-5,15,21H,6-13H2,1H3/b16-15-. The average molecular weight is 355 g/mol. The summed E-state index contributed by atoms with van der Waals surface area (Å²) in [7, 11) is 2.03. The van der Waals surface area contributed by atoms with Crippen LogP contribution in [-0.2, 0) is 9.53 Å². The number of hydrogen-bond donors (Lipinski definition) is 1. The molecule has 1 amide bonds. The lowest BCUT2D eigenvalue weighted by atomic mass is 10.2. The summed E-state index contributed by atoms with van der Waals surface area (Å²) in [5, 5.41) is 12.6. The summed E-state index contributed by atoms with van der Waals surface area (Å²) in [6, 6.07) is 9.96. The van der Waals surface area contributed by atoms with Crippen molar-refractivity contribution >= 4 is 17.3 Å². The number of likely N-dealkylation sites (N-methyl/N-ethyl adjacent to an activating group) is 1. The van der Waals surface area contributed by atoms with Gasteiger partial charge in [-0.2, -0.15) is 5.26 Å². The SMILES string of the molecule is CN1CCN(C(=O)/C(C#N)=C\Nc2ccccc2N2CCOCC2)CC1. The summed E-state index contributed by atoms with van der Waals surface area (Å²) in [5.41, 5.74) is 2.07. The molecule has 0 radical (unpaired) electrons. The van der Waals surface area contributed by atoms with Crippen LogP contribution < -0.4 is 10.2 Å². The van der Waals surface area contributed by atoms with Crippen LogP contribution in [0.2, 0.25) is 0 Å². The fourth-order valence-corrected chi connectivity index (χ4v) is 3.15. The molecule has 0 bridgehead atoms. The molecule has 7 nitrogen and oxygen atoms in total. The highest BCUT2D eigenvalue weighted by Gasteiger charge is 2.22. The van der Waals surface area contributed by atoms with Crippen LogP contribution in [0.1, 0.15) is 0 Å². The minimum Gasteiger partial charge on any atom is -0.378 e. The number of carbonyl (C=O) groups is 1. The Morgan fingerprint density at radius 2 is 1.85 bits per heavy atom. The molecule has 7 heteroatoms. The van der Waals surface area contributed by atoms with E-state index in [1.165, 1.54) is 6.20 Å². The van der Waals surface area contributed by atoms with Crippen molar-refractivity contribution < 1.29 is 9.53 Å². The molecule has 0 aromatic heterocycles. The van der Waals surface area contributed by atoms with Gasteiger partial charge in [-0.15, -0.1) is 0 Å². The third-order valence-corrected chi connectivity index (χ3v) is 4.77. The van der Waals surface area contributed by atoms with Crippen molar-refractivity contribution in [3.8, 4) is 6.07 Å². The van der Waals surface area contributed by atoms with Crippen LogP contribution in [0, 0.1) is 11.3 Å². The number of hydrogen-bond acceptors (Lipinski definition) is 6. The number of benzene rings is 1. The highest BCUT2D eigenvalue weighted by Crippen LogP contribution is 2.26. The van der Waals surface area contributed by atoms with Crippen molar-refractivity contribution in [2.75, 3.05) is 69.7 Å². The lowest BCUT2D eigenvalue weighted by Crippen LogP contribution is -2.47. The topological polar surface area (TPSA) is 71.8 Å². The van der Waals surface area contributed by atoms with Gasteiger partial charge in [0.25, 0.3) is 5.91 Å². The molecule has 1 aromatic carbocycles. The van der Waals surface area contributed by atoms with Gasteiger partial charge in [-0.1, -0.05) is 12.1 Å². The number of ether oxygens (including phenoxy) is 1. The largest absolute Gasteiger partial charge is 0.378 e. The van der Waals surface area contributed by atoms with Gasteiger partial charge in [-0.05, 0) is 19.2 Å². The maximum atomic E-state index is 12.6. The van der Waals surface area contributed by atoms with E-state index in [2.05, 4.69) is 15.1 Å². The van der Waals surface area contributed by atoms with Gasteiger partial charge in [-0.25, -0.2) is 0 Å². The van der Waals surface area contributed by atoms with Gasteiger partial charge >= 0.3 is 0 Å². The number of carbonyl (C=O) groups excluding carboxylic acids is 1. The lowest BCUT2D eigenvalue weighted by molar-refractivity contribution is -0.128. The quantitative estimate of drug-likeness (QED) is 0.645. The number of morpholine rings is 1. The second-order valence-electron chi connectivity index (χ2n) is 6.53. The van der Waals surface area contributed by atoms with Crippen LogP contribution in [-0.4, -0.2) is 75.2 Å². The second kappa shape index (κ2) is 8.70. The first-order chi connectivity index (χ1) is 12.7. The molecule has 2 aliphatic heterocycles. The molecule has 0 spiro atoms. The number of anilines is 2. The predicted molar refractivity (Wildman–Crippen MR) is 101 cm³/mol. The highest BCUT2D eigenvalue weighted by molar-refractivity contribution is 5.97. The molecule has 26 heavy (non-hydrogen) atoms. The van der Waals surface area contributed by atoms with Gasteiger partial charge < -0.3 is 24.8 Å². The summed E-state index contributed by atoms with van der Waals surface area (Å²) in [4.78, 5) is 18.8. The molecule has 2 heterocycles. The second-order valence-corrected chi connectivity index (χ2v) is 6.53. The van der Waals surface area contributed by atoms with E-state index < -0.39 is 0 Å². The molecule has 0 unspecified atom stereocenters. The van der Waals surface area contributed by atoms with Crippen LogP contribution >= 0.6 is 0 Å². The Kier molecular flexibility index (Phi) is 6.10. The third kappa shape index (κ3) is 4.34. The summed E-state index contributed by atoms with van der Waals surface area (Å²) >= 11 is 0. The van der Waals surface area contributed by atoms with Gasteiger partial charge in [0.1, 0.15) is 11.6 Å². The van der Waals surface area contributed by atoms with E-state index in [1.54, 1.807) is 4.90 Å². The van der Waals surface area contributed by atoms with Crippen molar-refractivity contribution in [3.63, 3.8) is 0 Å². The predicted octanol–water partition coefficient (Wildman–Crippen LogP) is 1.12. The lowest BCUT2D eigenvalue weighted by Gasteiger charge is -2.32. The van der Waals surface area contributed by atoms with E-state index >= 15 is 0 Å². The maximum Gasteiger partial charge on any atom is 0.266 e. The molecule has 0 aliphatic carbocycles. The van der Waals surface area contributed by atoms with Crippen molar-refractivity contribution in [2.24, 2.45) is 0 Å². The van der Waals surface area contributed by atoms with Crippen molar-refractivity contribution in [1.29, 1.82) is 5.26 Å². The number of amides is 1. The normalized spacial score (nSPS) is 19.2. The molecule has 2 aliphatic rings. The fraction of sp³-hybridized carbons (Fsp3) is 0.474. The number of rotatable bonds is 4. The Morgan fingerprint density at radius 3 is 2.54 bits per heavy atom. The van der Waals surface area contributed by atoms with Crippen molar-refractivity contribution in [3.05, 3.63) is 36.0 Å². The van der Waals surface area contributed by atoms with E-state index in [-0.39, 0.29) is 11.5 Å². The first kappa shape index (κ1) is 18.2. The van der Waals surface area contributed by atoms with Crippen LogP contribution in [0.3, 0.4) is 0 Å². The number of piperazine rings is 1.